The van der Waals surface area contributed by atoms with E-state index in [1.807, 2.05) is 6.92 Å². The molecule has 1 fully saturated rings. The third-order valence-corrected chi connectivity index (χ3v) is 4.77. The van der Waals surface area contributed by atoms with Gasteiger partial charge in [-0.25, -0.2) is 9.48 Å². The highest BCUT2D eigenvalue weighted by molar-refractivity contribution is 5.95. The van der Waals surface area contributed by atoms with Crippen molar-refractivity contribution >= 4 is 12.0 Å². The van der Waals surface area contributed by atoms with Gasteiger partial charge in [-0.3, -0.25) is 4.79 Å². The Labute approximate surface area is 178 Å². The first-order valence-electron chi connectivity index (χ1n) is 9.86. The van der Waals surface area contributed by atoms with Crippen LogP contribution in [0, 0.1) is 6.92 Å². The number of carbonyl (C=O) groups excluding carboxylic acids is 2. The maximum absolute atomic E-state index is 13.9. The molecule has 0 spiro atoms. The summed E-state index contributed by atoms with van der Waals surface area (Å²) in [5.74, 6) is -0.769. The average Bonchev–Trinajstić information content (AvgIpc) is 3.12. The van der Waals surface area contributed by atoms with Crippen molar-refractivity contribution in [3.8, 4) is 5.69 Å². The van der Waals surface area contributed by atoms with Gasteiger partial charge in [0.1, 0.15) is 5.60 Å². The van der Waals surface area contributed by atoms with E-state index in [-0.39, 0.29) is 31.9 Å². The molecule has 2 aromatic rings. The van der Waals surface area contributed by atoms with E-state index in [9.17, 15) is 22.8 Å². The van der Waals surface area contributed by atoms with Gasteiger partial charge < -0.3 is 14.5 Å². The normalized spacial score (nSPS) is 15.2. The van der Waals surface area contributed by atoms with E-state index in [2.05, 4.69) is 5.10 Å². The number of aryl methyl sites for hydroxylation is 1. The van der Waals surface area contributed by atoms with E-state index in [0.29, 0.717) is 0 Å². The second kappa shape index (κ2) is 8.24. The number of hydrogen-bond acceptors (Lipinski definition) is 4. The smallest absolute Gasteiger partial charge is 0.434 e. The van der Waals surface area contributed by atoms with Crippen LogP contribution < -0.4 is 0 Å². The number of carbonyl (C=O) groups is 2. The molecule has 0 unspecified atom stereocenters. The van der Waals surface area contributed by atoms with Crippen molar-refractivity contribution in [1.29, 1.82) is 0 Å². The molecule has 10 heteroatoms. The predicted octanol–water partition coefficient (Wildman–Crippen LogP) is 3.89. The molecule has 1 saturated heterocycles. The van der Waals surface area contributed by atoms with E-state index in [0.717, 1.165) is 16.4 Å². The minimum Gasteiger partial charge on any atom is -0.444 e. The van der Waals surface area contributed by atoms with Gasteiger partial charge in [0.15, 0.2) is 5.69 Å². The van der Waals surface area contributed by atoms with Crippen molar-refractivity contribution in [2.75, 3.05) is 26.2 Å². The first kappa shape index (κ1) is 22.6. The molecule has 2 heterocycles. The van der Waals surface area contributed by atoms with Crippen LogP contribution in [-0.2, 0) is 10.9 Å². The summed E-state index contributed by atoms with van der Waals surface area (Å²) >= 11 is 0. The van der Waals surface area contributed by atoms with Gasteiger partial charge in [-0.05, 0) is 39.8 Å². The van der Waals surface area contributed by atoms with Crippen molar-refractivity contribution in [3.63, 3.8) is 0 Å². The SMILES string of the molecule is Cc1ccc(-n2ncc(C(=O)N3CCN(C(=O)OC(C)(C)C)CC3)c2C(F)(F)F)cc1. The van der Waals surface area contributed by atoms with Crippen LogP contribution in [0.5, 0.6) is 0 Å². The number of aromatic nitrogens is 2. The zero-order valence-electron chi connectivity index (χ0n) is 17.9. The summed E-state index contributed by atoms with van der Waals surface area (Å²) in [7, 11) is 0. The number of rotatable bonds is 2. The molecule has 0 atom stereocenters. The third kappa shape index (κ3) is 5.18. The van der Waals surface area contributed by atoms with Gasteiger partial charge in [0.2, 0.25) is 0 Å². The van der Waals surface area contributed by atoms with Crippen molar-refractivity contribution in [3.05, 3.63) is 47.3 Å². The number of piperazine rings is 1. The maximum Gasteiger partial charge on any atom is 0.434 e. The van der Waals surface area contributed by atoms with Crippen LogP contribution in [0.1, 0.15) is 42.4 Å². The summed E-state index contributed by atoms with van der Waals surface area (Å²) in [6, 6.07) is 6.39. The van der Waals surface area contributed by atoms with Crippen molar-refractivity contribution in [1.82, 2.24) is 19.6 Å². The predicted molar refractivity (Wildman–Crippen MR) is 107 cm³/mol. The van der Waals surface area contributed by atoms with Gasteiger partial charge in [-0.2, -0.15) is 18.3 Å². The van der Waals surface area contributed by atoms with Crippen LogP contribution in [0.25, 0.3) is 5.69 Å². The molecule has 1 aliphatic heterocycles. The molecule has 2 amide bonds. The Morgan fingerprint density at radius 1 is 0.968 bits per heavy atom. The van der Waals surface area contributed by atoms with Crippen molar-refractivity contribution in [2.24, 2.45) is 0 Å². The third-order valence-electron chi connectivity index (χ3n) is 4.77. The first-order valence-corrected chi connectivity index (χ1v) is 9.86. The summed E-state index contributed by atoms with van der Waals surface area (Å²) in [5.41, 5.74) is -1.18. The first-order chi connectivity index (χ1) is 14.4. The molecule has 3 rings (SSSR count). The lowest BCUT2D eigenvalue weighted by Crippen LogP contribution is -2.51. The van der Waals surface area contributed by atoms with Gasteiger partial charge in [0, 0.05) is 26.2 Å². The van der Waals surface area contributed by atoms with Crippen molar-refractivity contribution in [2.45, 2.75) is 39.5 Å². The highest BCUT2D eigenvalue weighted by Crippen LogP contribution is 2.34. The van der Waals surface area contributed by atoms with Crippen LogP contribution in [0.3, 0.4) is 0 Å². The lowest BCUT2D eigenvalue weighted by Gasteiger charge is -2.35. The van der Waals surface area contributed by atoms with Gasteiger partial charge in [-0.1, -0.05) is 17.7 Å². The lowest BCUT2D eigenvalue weighted by atomic mass is 10.1. The fourth-order valence-electron chi connectivity index (χ4n) is 3.25. The van der Waals surface area contributed by atoms with Crippen LogP contribution in [0.15, 0.2) is 30.5 Å². The number of hydrogen-bond donors (Lipinski definition) is 0. The zero-order chi connectivity index (χ0) is 23.0. The number of benzene rings is 1. The van der Waals surface area contributed by atoms with Gasteiger partial charge in [-0.15, -0.1) is 0 Å². The van der Waals surface area contributed by atoms with Crippen molar-refractivity contribution < 1.29 is 27.5 Å². The van der Waals surface area contributed by atoms with Crippen LogP contribution in [0.2, 0.25) is 0 Å². The van der Waals surface area contributed by atoms with Gasteiger partial charge >= 0.3 is 12.3 Å². The summed E-state index contributed by atoms with van der Waals surface area (Å²) in [6.07, 6.45) is -4.33. The summed E-state index contributed by atoms with van der Waals surface area (Å²) in [6.45, 7) is 7.61. The molecule has 1 aromatic heterocycles. The van der Waals surface area contributed by atoms with Crippen LogP contribution in [0.4, 0.5) is 18.0 Å². The topological polar surface area (TPSA) is 67.7 Å². The second-order valence-corrected chi connectivity index (χ2v) is 8.41. The summed E-state index contributed by atoms with van der Waals surface area (Å²) in [5, 5.41) is 3.85. The van der Waals surface area contributed by atoms with Gasteiger partial charge in [0.05, 0.1) is 17.4 Å². The minimum atomic E-state index is -4.77. The Morgan fingerprint density at radius 3 is 2.03 bits per heavy atom. The Bertz CT molecular complexity index is 954. The standard InChI is InChI=1S/C21H25F3N4O3/c1-14-5-7-15(8-6-14)28-17(21(22,23)24)16(13-25-28)18(29)26-9-11-27(12-10-26)19(30)31-20(2,3)4/h5-8,13H,9-12H2,1-4H3. The van der Waals surface area contributed by atoms with E-state index < -0.39 is 35.0 Å². The highest BCUT2D eigenvalue weighted by Gasteiger charge is 2.42. The van der Waals surface area contributed by atoms with Gasteiger partial charge in [0.25, 0.3) is 5.91 Å². The number of amides is 2. The molecule has 0 radical (unpaired) electrons. The minimum absolute atomic E-state index is 0.102. The fourth-order valence-corrected chi connectivity index (χ4v) is 3.25. The second-order valence-electron chi connectivity index (χ2n) is 8.41. The summed E-state index contributed by atoms with van der Waals surface area (Å²) < 4.78 is 47.6. The number of alkyl halides is 3. The Balaban J connectivity index is 1.80. The van der Waals surface area contributed by atoms with Crippen LogP contribution >= 0.6 is 0 Å². The van der Waals surface area contributed by atoms with Crippen LogP contribution in [-0.4, -0.2) is 63.4 Å². The molecule has 0 bridgehead atoms. The molecule has 1 aromatic carbocycles. The average molecular weight is 438 g/mol. The maximum atomic E-state index is 13.9. The summed E-state index contributed by atoms with van der Waals surface area (Å²) in [4.78, 5) is 27.8. The zero-order valence-corrected chi connectivity index (χ0v) is 17.9. The van der Waals surface area contributed by atoms with E-state index in [1.54, 1.807) is 32.9 Å². The molecular weight excluding hydrogens is 413 g/mol. The number of halogens is 3. The Morgan fingerprint density at radius 2 is 1.52 bits per heavy atom. The Kier molecular flexibility index (Phi) is 6.02. The largest absolute Gasteiger partial charge is 0.444 e. The van der Waals surface area contributed by atoms with E-state index in [1.165, 1.54) is 21.9 Å². The molecule has 1 aliphatic rings. The molecular formula is C21H25F3N4O3. The quantitative estimate of drug-likeness (QED) is 0.714. The lowest BCUT2D eigenvalue weighted by molar-refractivity contribution is -0.143. The molecule has 7 nitrogen and oxygen atoms in total. The van der Waals surface area contributed by atoms with E-state index in [4.69, 9.17) is 4.74 Å². The molecule has 0 aliphatic carbocycles. The van der Waals surface area contributed by atoms with E-state index >= 15 is 0 Å². The molecule has 168 valence electrons. The molecule has 0 saturated carbocycles. The number of ether oxygens (including phenoxy) is 1. The fraction of sp³-hybridized carbons (Fsp3) is 0.476. The monoisotopic (exact) mass is 438 g/mol. The molecule has 0 N–H and O–H groups in total. The number of nitrogens with zero attached hydrogens (tertiary/aromatic N) is 4. The Hall–Kier alpha value is -3.04. The highest BCUT2D eigenvalue weighted by atomic mass is 19.4. The molecule has 31 heavy (non-hydrogen) atoms.